The SMILES string of the molecule is C=CC(=O)NCCOc1ccc2c(c1)CCc1ccccc1-c1c-2c1=O.[HH]. The quantitative estimate of drug-likeness (QED) is 0.569. The highest BCUT2D eigenvalue weighted by Crippen LogP contribution is 2.41. The van der Waals surface area contributed by atoms with Crippen molar-refractivity contribution in [3.63, 3.8) is 0 Å². The van der Waals surface area contributed by atoms with Gasteiger partial charge in [-0.25, -0.2) is 0 Å². The number of hydrogen-bond donors (Lipinski definition) is 1. The Labute approximate surface area is 153 Å². The number of hydrogen-bond acceptors (Lipinski definition) is 3. The number of ether oxygens (including phenoxy) is 1. The number of amides is 1. The van der Waals surface area contributed by atoms with Crippen LogP contribution in [-0.4, -0.2) is 19.1 Å². The van der Waals surface area contributed by atoms with Crippen LogP contribution in [-0.2, 0) is 17.6 Å². The minimum atomic E-state index is -0.211. The van der Waals surface area contributed by atoms with E-state index in [-0.39, 0.29) is 12.8 Å². The number of rotatable bonds is 5. The van der Waals surface area contributed by atoms with E-state index < -0.39 is 0 Å². The van der Waals surface area contributed by atoms with Crippen LogP contribution in [0.15, 0.2) is 59.9 Å². The third-order valence-electron chi connectivity index (χ3n) is 4.79. The third kappa shape index (κ3) is 2.94. The Bertz CT molecular complexity index is 1010. The van der Waals surface area contributed by atoms with Gasteiger partial charge in [-0.2, -0.15) is 0 Å². The highest BCUT2D eigenvalue weighted by molar-refractivity contribution is 5.96. The summed E-state index contributed by atoms with van der Waals surface area (Å²) in [5.74, 6) is 0.540. The highest BCUT2D eigenvalue weighted by Gasteiger charge is 2.30. The standard InChI is InChI=1S/C22H19NO3.H2/c1-2-19(24)23-11-12-26-16-9-10-18-15(13-16)8-7-14-5-3-4-6-17(14)20-21(18)22(20)25;/h2-6,9-10,13H,1,7-8,11-12H2,(H,23,24);1H. The van der Waals surface area contributed by atoms with Gasteiger partial charge in [-0.3, -0.25) is 9.59 Å². The monoisotopic (exact) mass is 347 g/mol. The maximum Gasteiger partial charge on any atom is 0.243 e. The summed E-state index contributed by atoms with van der Waals surface area (Å²) < 4.78 is 5.73. The summed E-state index contributed by atoms with van der Waals surface area (Å²) in [6, 6.07) is 14.0. The van der Waals surface area contributed by atoms with Crippen LogP contribution >= 0.6 is 0 Å². The number of carbonyl (C=O) groups is 1. The molecule has 0 radical (unpaired) electrons. The lowest BCUT2D eigenvalue weighted by atomic mass is 9.92. The normalized spacial score (nSPS) is 12.3. The highest BCUT2D eigenvalue weighted by atomic mass is 16.5. The molecule has 0 spiro atoms. The van der Waals surface area contributed by atoms with Crippen molar-refractivity contribution in [2.24, 2.45) is 0 Å². The van der Waals surface area contributed by atoms with E-state index in [0.717, 1.165) is 46.4 Å². The van der Waals surface area contributed by atoms with E-state index in [4.69, 9.17) is 4.74 Å². The van der Waals surface area contributed by atoms with Gasteiger partial charge in [-0.1, -0.05) is 36.9 Å². The summed E-state index contributed by atoms with van der Waals surface area (Å²) >= 11 is 0. The van der Waals surface area contributed by atoms with E-state index in [9.17, 15) is 9.59 Å². The van der Waals surface area contributed by atoms with E-state index in [0.29, 0.717) is 13.2 Å². The molecule has 26 heavy (non-hydrogen) atoms. The van der Waals surface area contributed by atoms with Crippen molar-refractivity contribution in [3.05, 3.63) is 76.5 Å². The van der Waals surface area contributed by atoms with Crippen LogP contribution in [0.4, 0.5) is 0 Å². The zero-order valence-corrected chi connectivity index (χ0v) is 14.4. The summed E-state index contributed by atoms with van der Waals surface area (Å²) in [4.78, 5) is 23.5. The molecule has 1 N–H and O–H groups in total. The van der Waals surface area contributed by atoms with Crippen LogP contribution in [0.2, 0.25) is 0 Å². The molecule has 0 fully saturated rings. The molecular weight excluding hydrogens is 326 g/mol. The predicted molar refractivity (Wildman–Crippen MR) is 104 cm³/mol. The fraction of sp³-hybridized carbons (Fsp3) is 0.182. The number of fused-ring (bicyclic) bond motifs is 5. The summed E-state index contributed by atoms with van der Waals surface area (Å²) in [6.07, 6.45) is 2.99. The molecule has 3 aromatic carbocycles. The average Bonchev–Trinajstić information content (AvgIpc) is 3.31. The maximum atomic E-state index is 12.4. The molecule has 4 rings (SSSR count). The predicted octanol–water partition coefficient (Wildman–Crippen LogP) is 3.28. The van der Waals surface area contributed by atoms with Crippen LogP contribution in [0.25, 0.3) is 22.3 Å². The maximum absolute atomic E-state index is 12.4. The third-order valence-corrected chi connectivity index (χ3v) is 4.79. The molecule has 0 saturated carbocycles. The Hall–Kier alpha value is -3.14. The number of nitrogens with one attached hydrogen (secondary N) is 1. The van der Waals surface area contributed by atoms with E-state index >= 15 is 0 Å². The van der Waals surface area contributed by atoms with Gasteiger partial charge in [0, 0.05) is 12.6 Å². The molecule has 1 aliphatic carbocycles. The minimum absolute atomic E-state index is 0. The molecule has 0 heterocycles. The first-order chi connectivity index (χ1) is 12.7. The van der Waals surface area contributed by atoms with Crippen LogP contribution in [0.3, 0.4) is 0 Å². The largest absolute Gasteiger partial charge is 0.492 e. The molecule has 1 aliphatic rings. The summed E-state index contributed by atoms with van der Waals surface area (Å²) in [6.45, 7) is 4.21. The molecule has 4 nitrogen and oxygen atoms in total. The topological polar surface area (TPSA) is 55.4 Å². The van der Waals surface area contributed by atoms with E-state index in [1.807, 2.05) is 36.4 Å². The van der Waals surface area contributed by atoms with Crippen LogP contribution < -0.4 is 15.5 Å². The van der Waals surface area contributed by atoms with Crippen molar-refractivity contribution >= 4 is 5.91 Å². The summed E-state index contributed by atoms with van der Waals surface area (Å²) in [5.41, 5.74) is 6.31. The van der Waals surface area contributed by atoms with Gasteiger partial charge in [-0.05, 0) is 53.3 Å². The Kier molecular flexibility index (Phi) is 4.17. The first kappa shape index (κ1) is 16.3. The molecule has 1 amide bonds. The molecule has 0 bridgehead atoms. The summed E-state index contributed by atoms with van der Waals surface area (Å²) in [7, 11) is 0. The Balaban J connectivity index is 0.00000210. The van der Waals surface area contributed by atoms with Crippen molar-refractivity contribution in [1.82, 2.24) is 5.32 Å². The molecule has 0 aromatic heterocycles. The van der Waals surface area contributed by atoms with E-state index in [1.54, 1.807) is 0 Å². The lowest BCUT2D eigenvalue weighted by molar-refractivity contribution is -0.116. The van der Waals surface area contributed by atoms with Gasteiger partial charge in [0.1, 0.15) is 12.4 Å². The first-order valence-corrected chi connectivity index (χ1v) is 8.72. The van der Waals surface area contributed by atoms with Crippen molar-refractivity contribution < 1.29 is 11.0 Å². The first-order valence-electron chi connectivity index (χ1n) is 8.72. The van der Waals surface area contributed by atoms with Gasteiger partial charge in [0.25, 0.3) is 0 Å². The van der Waals surface area contributed by atoms with Gasteiger partial charge in [0.05, 0.1) is 6.54 Å². The molecule has 132 valence electrons. The van der Waals surface area contributed by atoms with Gasteiger partial charge < -0.3 is 10.1 Å². The van der Waals surface area contributed by atoms with Crippen LogP contribution in [0, 0.1) is 0 Å². The molecule has 3 aromatic rings. The smallest absolute Gasteiger partial charge is 0.243 e. The molecule has 0 atom stereocenters. The summed E-state index contributed by atoms with van der Waals surface area (Å²) in [5, 5.41) is 2.68. The molecule has 0 aliphatic heterocycles. The van der Waals surface area contributed by atoms with Crippen molar-refractivity contribution in [2.75, 3.05) is 13.2 Å². The molecule has 0 unspecified atom stereocenters. The zero-order chi connectivity index (χ0) is 18.1. The number of benzene rings is 2. The fourth-order valence-electron chi connectivity index (χ4n) is 3.46. The second-order valence-corrected chi connectivity index (χ2v) is 6.40. The second-order valence-electron chi connectivity index (χ2n) is 6.40. The van der Waals surface area contributed by atoms with Crippen molar-refractivity contribution in [1.29, 1.82) is 0 Å². The van der Waals surface area contributed by atoms with Crippen LogP contribution in [0.1, 0.15) is 12.6 Å². The number of aryl methyl sites for hydroxylation is 2. The average molecular weight is 347 g/mol. The molecule has 0 saturated heterocycles. The fourth-order valence-corrected chi connectivity index (χ4v) is 3.46. The lowest BCUT2D eigenvalue weighted by Gasteiger charge is -2.14. The van der Waals surface area contributed by atoms with Crippen molar-refractivity contribution in [2.45, 2.75) is 12.8 Å². The van der Waals surface area contributed by atoms with Crippen LogP contribution in [0.5, 0.6) is 5.75 Å². The van der Waals surface area contributed by atoms with Crippen molar-refractivity contribution in [3.8, 4) is 28.0 Å². The van der Waals surface area contributed by atoms with Gasteiger partial charge in [0.15, 0.2) is 5.43 Å². The lowest BCUT2D eigenvalue weighted by Crippen LogP contribution is -2.26. The van der Waals surface area contributed by atoms with Gasteiger partial charge in [0.2, 0.25) is 5.91 Å². The van der Waals surface area contributed by atoms with E-state index in [2.05, 4.69) is 18.0 Å². The molecule has 4 heteroatoms. The molecular formula is C22H21NO3. The van der Waals surface area contributed by atoms with Gasteiger partial charge >= 0.3 is 0 Å². The Morgan fingerprint density at radius 3 is 2.65 bits per heavy atom. The zero-order valence-electron chi connectivity index (χ0n) is 14.4. The Morgan fingerprint density at radius 1 is 1.12 bits per heavy atom. The Morgan fingerprint density at radius 2 is 1.85 bits per heavy atom. The minimum Gasteiger partial charge on any atom is -0.492 e. The second kappa shape index (κ2) is 6.64. The van der Waals surface area contributed by atoms with E-state index in [1.165, 1.54) is 11.6 Å². The van der Waals surface area contributed by atoms with Gasteiger partial charge in [-0.15, -0.1) is 0 Å². The number of carbonyl (C=O) groups excluding carboxylic acids is 1.